The van der Waals surface area contributed by atoms with Gasteiger partial charge in [0.15, 0.2) is 5.58 Å². The number of thiophene rings is 1. The molecule has 2 aliphatic carbocycles. The number of rotatable bonds is 4. The molecule has 330 valence electrons. The van der Waals surface area contributed by atoms with E-state index in [0.717, 1.165) is 34.0 Å². The minimum absolute atomic E-state index is 0.113. The molecule has 0 saturated heterocycles. The first kappa shape index (κ1) is 38.8. The molecule has 0 radical (unpaired) electrons. The number of nitrogens with zero attached hydrogens (tertiary/aromatic N) is 2. The molecule has 0 aliphatic heterocycles. The van der Waals surface area contributed by atoms with Crippen LogP contribution in [0.15, 0.2) is 205 Å². The summed E-state index contributed by atoms with van der Waals surface area (Å²) in [5.74, 6) is 0. The molecule has 0 saturated carbocycles. The molecule has 0 N–H and O–H groups in total. The van der Waals surface area contributed by atoms with Gasteiger partial charge in [0.05, 0.1) is 27.8 Å². The van der Waals surface area contributed by atoms with Crippen LogP contribution in [-0.4, -0.2) is 9.13 Å². The van der Waals surface area contributed by atoms with Crippen LogP contribution < -0.4 is 0 Å². The Morgan fingerprint density at radius 2 is 1.07 bits per heavy atom. The number of benzene rings is 10. The third-order valence-corrected chi connectivity index (χ3v) is 17.7. The minimum atomic E-state index is -0.346. The fourth-order valence-electron chi connectivity index (χ4n) is 13.6. The molecule has 16 rings (SSSR count). The predicted octanol–water partition coefficient (Wildman–Crippen LogP) is 18.0. The molecule has 3 nitrogen and oxygen atoms in total. The zero-order chi connectivity index (χ0) is 46.2. The van der Waals surface area contributed by atoms with Crippen molar-refractivity contribution in [2.75, 3.05) is 0 Å². The molecule has 10 aromatic carbocycles. The van der Waals surface area contributed by atoms with Gasteiger partial charge in [-0.15, -0.1) is 11.3 Å². The van der Waals surface area contributed by atoms with Crippen LogP contribution in [0.3, 0.4) is 0 Å². The van der Waals surface area contributed by atoms with E-state index < -0.39 is 0 Å². The lowest BCUT2D eigenvalue weighted by Crippen LogP contribution is -2.24. The zero-order valence-electron chi connectivity index (χ0n) is 39.0. The molecule has 0 spiro atoms. The van der Waals surface area contributed by atoms with Crippen LogP contribution in [0.5, 0.6) is 0 Å². The molecule has 1 unspecified atom stereocenters. The lowest BCUT2D eigenvalue weighted by atomic mass is 9.75. The van der Waals surface area contributed by atoms with E-state index in [4.69, 9.17) is 4.42 Å². The van der Waals surface area contributed by atoms with E-state index >= 15 is 0 Å². The van der Waals surface area contributed by atoms with Crippen LogP contribution in [0.2, 0.25) is 0 Å². The van der Waals surface area contributed by atoms with Crippen molar-refractivity contribution in [2.24, 2.45) is 0 Å². The molecule has 2 aliphatic rings. The third-order valence-electron chi connectivity index (χ3n) is 16.6. The van der Waals surface area contributed by atoms with Crippen LogP contribution in [0.25, 0.3) is 119 Å². The summed E-state index contributed by atoms with van der Waals surface area (Å²) in [6.45, 7) is 7.30. The van der Waals surface area contributed by atoms with Crippen molar-refractivity contribution in [3.05, 3.63) is 228 Å². The average molecular weight is 913 g/mol. The molecule has 4 heteroatoms. The second-order valence-electron chi connectivity index (χ2n) is 20.5. The molecule has 70 heavy (non-hydrogen) atoms. The molecule has 0 bridgehead atoms. The summed E-state index contributed by atoms with van der Waals surface area (Å²) in [6.07, 6.45) is 0.820. The summed E-state index contributed by atoms with van der Waals surface area (Å²) in [5.41, 5.74) is 20.7. The van der Waals surface area contributed by atoms with E-state index in [1.54, 1.807) is 0 Å². The highest BCUT2D eigenvalue weighted by atomic mass is 32.1. The molecule has 4 heterocycles. The van der Waals surface area contributed by atoms with Gasteiger partial charge < -0.3 is 13.6 Å². The Labute approximate surface area is 408 Å². The molecule has 14 aromatic rings. The Morgan fingerprint density at radius 1 is 0.443 bits per heavy atom. The van der Waals surface area contributed by atoms with Crippen LogP contribution in [-0.2, 0) is 17.3 Å². The van der Waals surface area contributed by atoms with Crippen LogP contribution in [0.1, 0.15) is 48.6 Å². The highest BCUT2D eigenvalue weighted by Gasteiger charge is 2.42. The maximum atomic E-state index is 6.72. The Hall–Kier alpha value is -8.18. The van der Waals surface area contributed by atoms with E-state index in [9.17, 15) is 0 Å². The van der Waals surface area contributed by atoms with Crippen molar-refractivity contribution < 1.29 is 4.42 Å². The van der Waals surface area contributed by atoms with Crippen molar-refractivity contribution in [1.82, 2.24) is 9.13 Å². The first-order valence-electron chi connectivity index (χ1n) is 24.5. The summed E-state index contributed by atoms with van der Waals surface area (Å²) in [4.78, 5) is 0. The van der Waals surface area contributed by atoms with Crippen LogP contribution in [0.4, 0.5) is 0 Å². The van der Waals surface area contributed by atoms with E-state index in [2.05, 4.69) is 230 Å². The van der Waals surface area contributed by atoms with E-state index in [1.165, 1.54) is 120 Å². The van der Waals surface area contributed by atoms with E-state index in [0.29, 0.717) is 0 Å². The van der Waals surface area contributed by atoms with Gasteiger partial charge in [0.1, 0.15) is 5.58 Å². The normalized spacial score (nSPS) is 15.9. The van der Waals surface area contributed by atoms with Crippen LogP contribution >= 0.6 is 11.3 Å². The lowest BCUT2D eigenvalue weighted by molar-refractivity contribution is 0.585. The van der Waals surface area contributed by atoms with E-state index in [-0.39, 0.29) is 10.8 Å². The Bertz CT molecular complexity index is 4630. The number of hydrogen-bond acceptors (Lipinski definition) is 2. The number of para-hydroxylation sites is 4. The van der Waals surface area contributed by atoms with Gasteiger partial charge in [-0.2, -0.15) is 0 Å². The Kier molecular flexibility index (Phi) is 7.49. The second-order valence-corrected chi connectivity index (χ2v) is 21.6. The van der Waals surface area contributed by atoms with Gasteiger partial charge in [-0.3, -0.25) is 0 Å². The van der Waals surface area contributed by atoms with Gasteiger partial charge in [0, 0.05) is 69.0 Å². The number of fused-ring (bicyclic) bond motifs is 20. The van der Waals surface area contributed by atoms with Crippen molar-refractivity contribution in [3.63, 3.8) is 0 Å². The highest BCUT2D eigenvalue weighted by molar-refractivity contribution is 7.25. The molecule has 0 fully saturated rings. The topological polar surface area (TPSA) is 23.0 Å². The fourth-order valence-corrected chi connectivity index (χ4v) is 14.6. The third kappa shape index (κ3) is 4.84. The first-order chi connectivity index (χ1) is 34.4. The monoisotopic (exact) mass is 912 g/mol. The largest absolute Gasteiger partial charge is 0.454 e. The Balaban J connectivity index is 0.964. The molecule has 1 atom stereocenters. The summed E-state index contributed by atoms with van der Waals surface area (Å²) in [7, 11) is 0. The molecular formula is C66H44N2OS. The van der Waals surface area contributed by atoms with Gasteiger partial charge >= 0.3 is 0 Å². The van der Waals surface area contributed by atoms with Crippen molar-refractivity contribution >= 4 is 97.1 Å². The summed E-state index contributed by atoms with van der Waals surface area (Å²) < 4.78 is 14.4. The van der Waals surface area contributed by atoms with Crippen molar-refractivity contribution in [1.29, 1.82) is 0 Å². The van der Waals surface area contributed by atoms with Crippen molar-refractivity contribution in [3.8, 4) is 33.6 Å². The SMILES string of the molecule is CC1(C)c2ccccc2-c2c1ccc1c2c2cccc(CC3(C)c4ccccc4-c4c3ccc3c4c4ccccc4n3-c3cccc4c3oc3ccccc34)c2n1-c1ccc2sc3ccccc3c2c1. The first-order valence-corrected chi connectivity index (χ1v) is 25.4. The fraction of sp³-hybridized carbons (Fsp3) is 0.0909. The number of furan rings is 1. The van der Waals surface area contributed by atoms with Gasteiger partial charge in [-0.05, 0) is 111 Å². The maximum absolute atomic E-state index is 6.72. The van der Waals surface area contributed by atoms with Gasteiger partial charge in [0.2, 0.25) is 0 Å². The van der Waals surface area contributed by atoms with Crippen molar-refractivity contribution in [2.45, 2.75) is 38.0 Å². The van der Waals surface area contributed by atoms with Gasteiger partial charge in [-0.1, -0.05) is 166 Å². The summed E-state index contributed by atoms with van der Waals surface area (Å²) in [5, 5.41) is 10.1. The average Bonchev–Trinajstić information content (AvgIpc) is 4.23. The van der Waals surface area contributed by atoms with E-state index in [1.807, 2.05) is 11.3 Å². The zero-order valence-corrected chi connectivity index (χ0v) is 39.8. The van der Waals surface area contributed by atoms with Crippen LogP contribution in [0, 0.1) is 0 Å². The minimum Gasteiger partial charge on any atom is -0.454 e. The van der Waals surface area contributed by atoms with Gasteiger partial charge in [0.25, 0.3) is 0 Å². The standard InChI is InChI=1S/C66H44N2OS/c1-65(2)48-24-9-4-19-43(48)59-50(65)31-33-53-62(59)46-23-14-16-38(63(46)67(53)39-30-35-58-47(36-39)41-18-8-13-29-57(41)70-58)37-66(3)49-25-10-5-20-44(49)60-51(66)32-34-54-61(60)45-21-6-11-26-52(45)68(54)55-27-15-22-42-40-17-7-12-28-56(40)69-64(42)55/h4-36H,37H2,1-3H3. The molecule has 0 amide bonds. The predicted molar refractivity (Wildman–Crippen MR) is 295 cm³/mol. The van der Waals surface area contributed by atoms with Gasteiger partial charge in [-0.25, -0.2) is 0 Å². The number of hydrogen-bond donors (Lipinski definition) is 0. The second kappa shape index (κ2) is 13.5. The number of aromatic nitrogens is 2. The molecular weight excluding hydrogens is 869 g/mol. The smallest absolute Gasteiger partial charge is 0.159 e. The lowest BCUT2D eigenvalue weighted by Gasteiger charge is -2.28. The maximum Gasteiger partial charge on any atom is 0.159 e. The highest BCUT2D eigenvalue weighted by Crippen LogP contribution is 2.57. The summed E-state index contributed by atoms with van der Waals surface area (Å²) in [6, 6.07) is 75.1. The Morgan fingerprint density at radius 3 is 1.94 bits per heavy atom. The summed E-state index contributed by atoms with van der Waals surface area (Å²) >= 11 is 1.88. The quantitative estimate of drug-likeness (QED) is 0.173. The molecule has 4 aromatic heterocycles.